The molecule has 0 aliphatic rings. The Balaban J connectivity index is 1.10. The lowest BCUT2D eigenvalue weighted by Crippen LogP contribution is -2.12. The molecule has 7 nitrogen and oxygen atoms in total. The third kappa shape index (κ3) is 6.24. The van der Waals surface area contributed by atoms with E-state index < -0.39 is 11.7 Å². The number of hydrogen-bond acceptors (Lipinski definition) is 4. The van der Waals surface area contributed by atoms with E-state index in [1.165, 1.54) is 6.07 Å². The first-order chi connectivity index (χ1) is 36.4. The molecule has 10 heteroatoms. The number of furan rings is 1. The van der Waals surface area contributed by atoms with Gasteiger partial charge in [-0.05, 0) is 72.8 Å². The standard InChI is InChI=1S/C64H37F3N6O/c65-64(66,67)50-36-49(63-69-61(38-18-4-1-5-19-38)68-62(70-63)39-20-6-2-7-21-39)60-58(45-27-13-17-31-57(45)74-60)59(50)73-54-33-32-41(72-51-28-14-10-24-42(51)43-25-11-15-29-52(43)72)34-46(54)48-35-47-44-26-12-16-30-53(44)71(55(47)37-56(48)73)40-22-8-3-9-23-40/h1-37H. The monoisotopic (exact) mass is 962 g/mol. The molecule has 74 heavy (non-hydrogen) atoms. The van der Waals surface area contributed by atoms with Gasteiger partial charge >= 0.3 is 6.18 Å². The van der Waals surface area contributed by atoms with E-state index in [0.717, 1.165) is 65.8 Å². The van der Waals surface area contributed by atoms with E-state index in [4.69, 9.17) is 19.4 Å². The summed E-state index contributed by atoms with van der Waals surface area (Å²) in [4.78, 5) is 14.8. The van der Waals surface area contributed by atoms with Gasteiger partial charge in [-0.3, -0.25) is 0 Å². The molecule has 15 aromatic rings. The summed E-state index contributed by atoms with van der Waals surface area (Å²) in [6.07, 6.45) is -4.89. The molecular weight excluding hydrogens is 926 g/mol. The fourth-order valence-electron chi connectivity index (χ4n) is 11.3. The summed E-state index contributed by atoms with van der Waals surface area (Å²) in [5.41, 5.74) is 8.04. The summed E-state index contributed by atoms with van der Waals surface area (Å²) in [5, 5.41) is 6.59. The number of nitrogens with zero attached hydrogens (tertiary/aromatic N) is 6. The molecule has 0 atom stereocenters. The van der Waals surface area contributed by atoms with Crippen LogP contribution in [0.4, 0.5) is 13.2 Å². The van der Waals surface area contributed by atoms with Crippen LogP contribution < -0.4 is 0 Å². The van der Waals surface area contributed by atoms with Gasteiger partial charge in [0.1, 0.15) is 11.2 Å². The average Bonchev–Trinajstić information content (AvgIpc) is 4.20. The summed E-state index contributed by atoms with van der Waals surface area (Å²) in [6, 6.07) is 72.5. The van der Waals surface area contributed by atoms with E-state index in [1.807, 2.05) is 150 Å². The van der Waals surface area contributed by atoms with Crippen LogP contribution >= 0.6 is 0 Å². The Labute approximate surface area is 419 Å². The molecule has 0 radical (unpaired) electrons. The van der Waals surface area contributed by atoms with Crippen LogP contribution in [0.25, 0.3) is 139 Å². The van der Waals surface area contributed by atoms with Crippen molar-refractivity contribution < 1.29 is 17.6 Å². The fraction of sp³-hybridized carbons (Fsp3) is 0.0156. The largest absolute Gasteiger partial charge is 0.455 e. The van der Waals surface area contributed by atoms with Crippen molar-refractivity contribution in [1.82, 2.24) is 28.7 Å². The van der Waals surface area contributed by atoms with E-state index in [1.54, 1.807) is 6.07 Å². The van der Waals surface area contributed by atoms with Crippen LogP contribution in [0.5, 0.6) is 0 Å². The van der Waals surface area contributed by atoms with Crippen molar-refractivity contribution in [1.29, 1.82) is 0 Å². The normalized spacial score (nSPS) is 12.3. The molecule has 350 valence electrons. The number of halogens is 3. The van der Waals surface area contributed by atoms with Crippen molar-refractivity contribution >= 4 is 87.4 Å². The van der Waals surface area contributed by atoms with Gasteiger partial charge in [0.05, 0.1) is 55.3 Å². The van der Waals surface area contributed by atoms with Gasteiger partial charge in [-0.1, -0.05) is 152 Å². The molecular formula is C64H37F3N6O. The summed E-state index contributed by atoms with van der Waals surface area (Å²) < 4.78 is 63.4. The SMILES string of the molecule is FC(F)(F)c1cc(-c2nc(-c3ccccc3)nc(-c3ccccc3)n2)c2oc3ccccc3c2c1-n1c2ccc(-n3c4ccccc4c4ccccc43)cc2c2cc3c4ccccc4n(-c4ccccc4)c3cc21. The van der Waals surface area contributed by atoms with E-state index in [-0.39, 0.29) is 28.0 Å². The van der Waals surface area contributed by atoms with Crippen LogP contribution in [0.15, 0.2) is 229 Å². The zero-order valence-corrected chi connectivity index (χ0v) is 39.1. The Hall–Kier alpha value is -9.80. The summed E-state index contributed by atoms with van der Waals surface area (Å²) in [7, 11) is 0. The third-order valence-corrected chi connectivity index (χ3v) is 14.5. The van der Waals surface area contributed by atoms with Crippen LogP contribution in [-0.2, 0) is 6.18 Å². The predicted octanol–water partition coefficient (Wildman–Crippen LogP) is 17.1. The minimum absolute atomic E-state index is 0.0472. The van der Waals surface area contributed by atoms with Gasteiger partial charge in [-0.15, -0.1) is 0 Å². The highest BCUT2D eigenvalue weighted by Gasteiger charge is 2.39. The van der Waals surface area contributed by atoms with Crippen molar-refractivity contribution in [3.05, 3.63) is 230 Å². The molecule has 0 aliphatic carbocycles. The van der Waals surface area contributed by atoms with Crippen LogP contribution in [0, 0.1) is 0 Å². The van der Waals surface area contributed by atoms with Gasteiger partial charge in [0.15, 0.2) is 17.5 Å². The van der Waals surface area contributed by atoms with Crippen molar-refractivity contribution in [3.8, 4) is 51.2 Å². The highest BCUT2D eigenvalue weighted by Crippen LogP contribution is 2.49. The highest BCUT2D eigenvalue weighted by molar-refractivity contribution is 6.22. The first kappa shape index (κ1) is 41.9. The van der Waals surface area contributed by atoms with Gasteiger partial charge in [0, 0.05) is 60.2 Å². The molecule has 0 saturated heterocycles. The summed E-state index contributed by atoms with van der Waals surface area (Å²) in [6.45, 7) is 0. The molecule has 15 rings (SSSR count). The van der Waals surface area contributed by atoms with Gasteiger partial charge in [-0.25, -0.2) is 15.0 Å². The topological polar surface area (TPSA) is 66.6 Å². The van der Waals surface area contributed by atoms with Gasteiger partial charge < -0.3 is 18.1 Å². The Morgan fingerprint density at radius 3 is 1.42 bits per heavy atom. The minimum atomic E-state index is -4.89. The lowest BCUT2D eigenvalue weighted by Gasteiger charge is -2.19. The molecule has 0 amide bonds. The Morgan fingerprint density at radius 1 is 0.351 bits per heavy atom. The first-order valence-corrected chi connectivity index (χ1v) is 24.3. The van der Waals surface area contributed by atoms with Crippen molar-refractivity contribution in [2.75, 3.05) is 0 Å². The second kappa shape index (κ2) is 15.9. The lowest BCUT2D eigenvalue weighted by atomic mass is 9.99. The number of rotatable bonds is 6. The maximum absolute atomic E-state index is 16.8. The molecule has 5 aromatic heterocycles. The Bertz CT molecular complexity index is 4650. The van der Waals surface area contributed by atoms with Crippen LogP contribution in [0.1, 0.15) is 5.56 Å². The third-order valence-electron chi connectivity index (χ3n) is 14.5. The molecule has 0 spiro atoms. The maximum atomic E-state index is 16.8. The molecule has 0 fully saturated rings. The smallest absolute Gasteiger partial charge is 0.418 e. The van der Waals surface area contributed by atoms with Gasteiger partial charge in [0.2, 0.25) is 0 Å². The molecule has 0 saturated carbocycles. The van der Waals surface area contributed by atoms with Crippen molar-refractivity contribution in [3.63, 3.8) is 0 Å². The summed E-state index contributed by atoms with van der Waals surface area (Å²) in [5.74, 6) is 0.678. The molecule has 0 N–H and O–H groups in total. The second-order valence-corrected chi connectivity index (χ2v) is 18.6. The number of aromatic nitrogens is 6. The van der Waals surface area contributed by atoms with E-state index in [2.05, 4.69) is 75.9 Å². The van der Waals surface area contributed by atoms with Crippen LogP contribution in [0.3, 0.4) is 0 Å². The number of benzene rings is 10. The fourth-order valence-corrected chi connectivity index (χ4v) is 11.3. The zero-order chi connectivity index (χ0) is 49.2. The highest BCUT2D eigenvalue weighted by atomic mass is 19.4. The van der Waals surface area contributed by atoms with E-state index in [9.17, 15) is 0 Å². The van der Waals surface area contributed by atoms with E-state index in [0.29, 0.717) is 44.8 Å². The van der Waals surface area contributed by atoms with E-state index >= 15 is 13.2 Å². The number of para-hydroxylation sites is 5. The maximum Gasteiger partial charge on any atom is 0.418 e. The molecule has 5 heterocycles. The quantitative estimate of drug-likeness (QED) is 0.167. The van der Waals surface area contributed by atoms with Crippen LogP contribution in [-0.4, -0.2) is 28.7 Å². The summed E-state index contributed by atoms with van der Waals surface area (Å²) >= 11 is 0. The Morgan fingerprint density at radius 2 is 0.811 bits per heavy atom. The average molecular weight is 963 g/mol. The molecule has 10 aromatic carbocycles. The lowest BCUT2D eigenvalue weighted by molar-refractivity contribution is -0.137. The Kier molecular flexibility index (Phi) is 8.98. The van der Waals surface area contributed by atoms with Gasteiger partial charge in [0.25, 0.3) is 0 Å². The predicted molar refractivity (Wildman–Crippen MR) is 291 cm³/mol. The van der Waals surface area contributed by atoms with Crippen molar-refractivity contribution in [2.45, 2.75) is 6.18 Å². The minimum Gasteiger partial charge on any atom is -0.455 e. The molecule has 0 unspecified atom stereocenters. The van der Waals surface area contributed by atoms with Crippen LogP contribution in [0.2, 0.25) is 0 Å². The first-order valence-electron chi connectivity index (χ1n) is 24.3. The number of alkyl halides is 3. The van der Waals surface area contributed by atoms with Gasteiger partial charge in [-0.2, -0.15) is 13.2 Å². The second-order valence-electron chi connectivity index (χ2n) is 18.6. The molecule has 0 aliphatic heterocycles. The molecule has 0 bridgehead atoms. The zero-order valence-electron chi connectivity index (χ0n) is 39.1. The number of hydrogen-bond donors (Lipinski definition) is 0. The van der Waals surface area contributed by atoms with Crippen molar-refractivity contribution in [2.24, 2.45) is 0 Å². The number of fused-ring (bicyclic) bond motifs is 12.